The molecule has 0 saturated heterocycles. The van der Waals surface area contributed by atoms with Crippen LogP contribution in [0.4, 0.5) is 13.2 Å². The molecule has 1 rings (SSSR count). The first-order valence-corrected chi connectivity index (χ1v) is 6.13. The minimum Gasteiger partial charge on any atom is -0.290 e. The number of carbonyl (C=O) groups is 1. The summed E-state index contributed by atoms with van der Waals surface area (Å²) in [7, 11) is 0. The zero-order chi connectivity index (χ0) is 15.3. The van der Waals surface area contributed by atoms with Gasteiger partial charge in [-0.3, -0.25) is 15.1 Å². The molecule has 0 aliphatic carbocycles. The minimum absolute atomic E-state index is 0.114. The van der Waals surface area contributed by atoms with Crippen LogP contribution in [-0.4, -0.2) is 29.6 Å². The first-order chi connectivity index (χ1) is 9.23. The van der Waals surface area contributed by atoms with Crippen LogP contribution in [0.1, 0.15) is 29.8 Å². The summed E-state index contributed by atoms with van der Waals surface area (Å²) < 4.78 is 37.5. The lowest BCUT2D eigenvalue weighted by molar-refractivity contribution is -0.150. The zero-order valence-electron chi connectivity index (χ0n) is 11.4. The lowest BCUT2D eigenvalue weighted by Crippen LogP contribution is -2.38. The second-order valence-corrected chi connectivity index (χ2v) is 4.79. The van der Waals surface area contributed by atoms with Gasteiger partial charge in [0.15, 0.2) is 0 Å². The van der Waals surface area contributed by atoms with Crippen LogP contribution in [-0.2, 0) is 6.54 Å². The monoisotopic (exact) mass is 289 g/mol. The van der Waals surface area contributed by atoms with Crippen molar-refractivity contribution in [2.24, 2.45) is 5.84 Å². The van der Waals surface area contributed by atoms with Crippen LogP contribution in [0.15, 0.2) is 24.3 Å². The number of rotatable bonds is 5. The van der Waals surface area contributed by atoms with Gasteiger partial charge in [-0.05, 0) is 31.5 Å². The summed E-state index contributed by atoms with van der Waals surface area (Å²) in [4.78, 5) is 12.7. The molecule has 0 spiro atoms. The van der Waals surface area contributed by atoms with E-state index in [4.69, 9.17) is 5.84 Å². The Morgan fingerprint density at radius 2 is 2.05 bits per heavy atom. The molecule has 0 atom stereocenters. The molecule has 1 aromatic rings. The molecule has 0 heterocycles. The normalized spacial score (nSPS) is 12.0. The molecule has 20 heavy (non-hydrogen) atoms. The lowest BCUT2D eigenvalue weighted by Gasteiger charge is -2.27. The summed E-state index contributed by atoms with van der Waals surface area (Å²) in [5.74, 6) is 4.55. The van der Waals surface area contributed by atoms with Crippen LogP contribution >= 0.6 is 0 Å². The van der Waals surface area contributed by atoms with Crippen molar-refractivity contribution in [2.75, 3.05) is 6.54 Å². The molecule has 7 heteroatoms. The largest absolute Gasteiger partial charge is 0.401 e. The third kappa shape index (κ3) is 5.18. The van der Waals surface area contributed by atoms with Gasteiger partial charge in [-0.25, -0.2) is 5.84 Å². The first-order valence-electron chi connectivity index (χ1n) is 6.13. The van der Waals surface area contributed by atoms with Crippen LogP contribution in [0.3, 0.4) is 0 Å². The van der Waals surface area contributed by atoms with Gasteiger partial charge < -0.3 is 0 Å². The van der Waals surface area contributed by atoms with Gasteiger partial charge in [-0.2, -0.15) is 13.2 Å². The van der Waals surface area contributed by atoms with E-state index in [9.17, 15) is 18.0 Å². The highest BCUT2D eigenvalue weighted by Gasteiger charge is 2.31. The summed E-state index contributed by atoms with van der Waals surface area (Å²) >= 11 is 0. The molecule has 0 unspecified atom stereocenters. The second-order valence-electron chi connectivity index (χ2n) is 4.79. The van der Waals surface area contributed by atoms with Crippen molar-refractivity contribution in [1.82, 2.24) is 10.3 Å². The standard InChI is InChI=1S/C13H18F3N3O/c1-9(2)19(8-13(14,15)16)7-10-4-3-5-11(6-10)12(20)18-17/h3-6,9H,7-8,17H2,1-2H3,(H,18,20). The van der Waals surface area contributed by atoms with E-state index >= 15 is 0 Å². The predicted molar refractivity (Wildman–Crippen MR) is 69.7 cm³/mol. The van der Waals surface area contributed by atoms with Crippen LogP contribution in [0.25, 0.3) is 0 Å². The molecule has 0 fully saturated rings. The van der Waals surface area contributed by atoms with Gasteiger partial charge in [0, 0.05) is 18.2 Å². The van der Waals surface area contributed by atoms with E-state index < -0.39 is 18.6 Å². The smallest absolute Gasteiger partial charge is 0.290 e. The Hall–Kier alpha value is -1.60. The fraction of sp³-hybridized carbons (Fsp3) is 0.462. The molecule has 0 aliphatic heterocycles. The van der Waals surface area contributed by atoms with Crippen LogP contribution < -0.4 is 11.3 Å². The number of alkyl halides is 3. The van der Waals surface area contributed by atoms with Crippen molar-refractivity contribution in [2.45, 2.75) is 32.6 Å². The van der Waals surface area contributed by atoms with Gasteiger partial charge in [0.2, 0.25) is 0 Å². The number of hydrogen-bond acceptors (Lipinski definition) is 3. The Kier molecular flexibility index (Phi) is 5.52. The molecule has 1 aromatic carbocycles. The Labute approximate surface area is 115 Å². The molecule has 112 valence electrons. The van der Waals surface area contributed by atoms with Crippen molar-refractivity contribution in [1.29, 1.82) is 0 Å². The van der Waals surface area contributed by atoms with Crippen molar-refractivity contribution < 1.29 is 18.0 Å². The fourth-order valence-electron chi connectivity index (χ4n) is 1.78. The molecule has 3 N–H and O–H groups in total. The van der Waals surface area contributed by atoms with Crippen LogP contribution in [0, 0.1) is 0 Å². The molecule has 0 aliphatic rings. The molecule has 0 radical (unpaired) electrons. The Balaban J connectivity index is 2.86. The molecule has 0 bridgehead atoms. The van der Waals surface area contributed by atoms with E-state index in [1.165, 1.54) is 11.0 Å². The van der Waals surface area contributed by atoms with Gasteiger partial charge in [0.05, 0.1) is 6.54 Å². The molecule has 0 saturated carbocycles. The minimum atomic E-state index is -4.25. The van der Waals surface area contributed by atoms with Gasteiger partial charge in [-0.1, -0.05) is 12.1 Å². The molecule has 1 amide bonds. The second kappa shape index (κ2) is 6.71. The van der Waals surface area contributed by atoms with Crippen molar-refractivity contribution >= 4 is 5.91 Å². The van der Waals surface area contributed by atoms with Gasteiger partial charge in [-0.15, -0.1) is 0 Å². The summed E-state index contributed by atoms with van der Waals surface area (Å²) in [5, 5.41) is 0. The van der Waals surface area contributed by atoms with Crippen molar-refractivity contribution in [3.05, 3.63) is 35.4 Å². The van der Waals surface area contributed by atoms with E-state index in [2.05, 4.69) is 0 Å². The number of nitrogen functional groups attached to an aromatic ring is 1. The topological polar surface area (TPSA) is 58.4 Å². The highest BCUT2D eigenvalue weighted by atomic mass is 19.4. The first kappa shape index (κ1) is 16.5. The highest BCUT2D eigenvalue weighted by molar-refractivity contribution is 5.93. The highest BCUT2D eigenvalue weighted by Crippen LogP contribution is 2.20. The number of amides is 1. The summed E-state index contributed by atoms with van der Waals surface area (Å²) in [5.41, 5.74) is 2.94. The Morgan fingerprint density at radius 3 is 2.55 bits per heavy atom. The third-order valence-electron chi connectivity index (χ3n) is 2.82. The average Bonchev–Trinajstić information content (AvgIpc) is 2.35. The van der Waals surface area contributed by atoms with E-state index in [1.54, 1.807) is 32.0 Å². The van der Waals surface area contributed by atoms with E-state index in [0.29, 0.717) is 11.1 Å². The van der Waals surface area contributed by atoms with E-state index in [0.717, 1.165) is 0 Å². The van der Waals surface area contributed by atoms with Gasteiger partial charge in [0.1, 0.15) is 0 Å². The number of hydrazine groups is 1. The fourth-order valence-corrected chi connectivity index (χ4v) is 1.78. The summed E-state index contributed by atoms with van der Waals surface area (Å²) in [6.45, 7) is 2.52. The predicted octanol–water partition coefficient (Wildman–Crippen LogP) is 2.06. The summed E-state index contributed by atoms with van der Waals surface area (Å²) in [6, 6.07) is 6.12. The van der Waals surface area contributed by atoms with Gasteiger partial charge in [0.25, 0.3) is 5.91 Å². The number of hydrogen-bond donors (Lipinski definition) is 2. The quantitative estimate of drug-likeness (QED) is 0.495. The van der Waals surface area contributed by atoms with Crippen molar-refractivity contribution in [3.8, 4) is 0 Å². The maximum Gasteiger partial charge on any atom is 0.401 e. The maximum atomic E-state index is 12.5. The Bertz CT molecular complexity index is 460. The summed E-state index contributed by atoms with van der Waals surface area (Å²) in [6.07, 6.45) is -4.25. The zero-order valence-corrected chi connectivity index (χ0v) is 11.4. The van der Waals surface area contributed by atoms with Gasteiger partial charge >= 0.3 is 6.18 Å². The number of nitrogens with zero attached hydrogens (tertiary/aromatic N) is 1. The van der Waals surface area contributed by atoms with Crippen LogP contribution in [0.5, 0.6) is 0 Å². The number of carbonyl (C=O) groups excluding carboxylic acids is 1. The van der Waals surface area contributed by atoms with Crippen LogP contribution in [0.2, 0.25) is 0 Å². The van der Waals surface area contributed by atoms with E-state index in [-0.39, 0.29) is 12.6 Å². The maximum absolute atomic E-state index is 12.5. The average molecular weight is 289 g/mol. The number of halogens is 3. The molecule has 4 nitrogen and oxygen atoms in total. The Morgan fingerprint density at radius 1 is 1.40 bits per heavy atom. The number of nitrogens with one attached hydrogen (secondary N) is 1. The third-order valence-corrected chi connectivity index (χ3v) is 2.82. The molecular formula is C13H18F3N3O. The molecular weight excluding hydrogens is 271 g/mol. The lowest BCUT2D eigenvalue weighted by atomic mass is 10.1. The number of benzene rings is 1. The van der Waals surface area contributed by atoms with E-state index in [1.807, 2.05) is 5.43 Å². The van der Waals surface area contributed by atoms with Crippen molar-refractivity contribution in [3.63, 3.8) is 0 Å². The number of nitrogens with two attached hydrogens (primary N) is 1. The SMILES string of the molecule is CC(C)N(Cc1cccc(C(=O)NN)c1)CC(F)(F)F. The molecule has 0 aromatic heterocycles.